The molecule has 0 atom stereocenters. The number of rotatable bonds is 7. The fourth-order valence-corrected chi connectivity index (χ4v) is 3.89. The second kappa shape index (κ2) is 8.15. The number of ether oxygens (including phenoxy) is 1. The highest BCUT2D eigenvalue weighted by molar-refractivity contribution is 7.93. The van der Waals surface area contributed by atoms with Crippen LogP contribution in [-0.4, -0.2) is 32.5 Å². The lowest BCUT2D eigenvalue weighted by Gasteiger charge is -2.23. The SMILES string of the molecule is CCOC(=O)CN(c1ccc(Cl)cc1)S(=O)(=O)c1ccccc1[N+](=O)[O-]. The minimum Gasteiger partial charge on any atom is -0.465 e. The van der Waals surface area contributed by atoms with E-state index in [4.69, 9.17) is 16.3 Å². The monoisotopic (exact) mass is 398 g/mol. The number of para-hydroxylation sites is 1. The van der Waals surface area contributed by atoms with Crippen molar-refractivity contribution < 1.29 is 22.9 Å². The summed E-state index contributed by atoms with van der Waals surface area (Å²) >= 11 is 5.82. The van der Waals surface area contributed by atoms with Gasteiger partial charge in [0.15, 0.2) is 4.90 Å². The number of halogens is 1. The number of sulfonamides is 1. The van der Waals surface area contributed by atoms with Crippen molar-refractivity contribution in [3.63, 3.8) is 0 Å². The van der Waals surface area contributed by atoms with Crippen molar-refractivity contribution in [1.82, 2.24) is 0 Å². The largest absolute Gasteiger partial charge is 0.465 e. The summed E-state index contributed by atoms with van der Waals surface area (Å²) in [5.74, 6) is -0.787. The normalized spacial score (nSPS) is 11.0. The summed E-state index contributed by atoms with van der Waals surface area (Å²) in [6.45, 7) is 1.02. The molecule has 0 saturated heterocycles. The van der Waals surface area contributed by atoms with Crippen LogP contribution in [0.25, 0.3) is 0 Å². The van der Waals surface area contributed by atoms with Crippen molar-refractivity contribution in [3.05, 3.63) is 63.7 Å². The van der Waals surface area contributed by atoms with E-state index in [2.05, 4.69) is 0 Å². The Kier molecular flexibility index (Phi) is 6.17. The van der Waals surface area contributed by atoms with E-state index in [9.17, 15) is 23.3 Å². The van der Waals surface area contributed by atoms with Crippen LogP contribution < -0.4 is 4.31 Å². The zero-order valence-corrected chi connectivity index (χ0v) is 15.2. The average molecular weight is 399 g/mol. The molecule has 0 aliphatic rings. The van der Waals surface area contributed by atoms with Crippen LogP contribution in [0.2, 0.25) is 5.02 Å². The highest BCUT2D eigenvalue weighted by Crippen LogP contribution is 2.30. The third kappa shape index (κ3) is 4.30. The summed E-state index contributed by atoms with van der Waals surface area (Å²) in [6.07, 6.45) is 0. The number of carbonyl (C=O) groups excluding carboxylic acids is 1. The maximum Gasteiger partial charge on any atom is 0.326 e. The van der Waals surface area contributed by atoms with Crippen molar-refractivity contribution in [3.8, 4) is 0 Å². The minimum absolute atomic E-state index is 0.0683. The van der Waals surface area contributed by atoms with E-state index in [1.807, 2.05) is 0 Å². The zero-order valence-electron chi connectivity index (χ0n) is 13.7. The van der Waals surface area contributed by atoms with Crippen molar-refractivity contribution >= 4 is 39.0 Å². The molecule has 138 valence electrons. The van der Waals surface area contributed by atoms with Crippen LogP contribution in [0.3, 0.4) is 0 Å². The molecule has 0 saturated carbocycles. The lowest BCUT2D eigenvalue weighted by Crippen LogP contribution is -2.36. The quantitative estimate of drug-likeness (QED) is 0.403. The number of hydrogen-bond acceptors (Lipinski definition) is 6. The maximum absolute atomic E-state index is 13.1. The van der Waals surface area contributed by atoms with Gasteiger partial charge >= 0.3 is 5.97 Å². The summed E-state index contributed by atoms with van der Waals surface area (Å²) < 4.78 is 31.7. The third-order valence-corrected chi connectivity index (χ3v) is 5.40. The van der Waals surface area contributed by atoms with Gasteiger partial charge in [-0.1, -0.05) is 23.7 Å². The molecule has 2 aromatic carbocycles. The van der Waals surface area contributed by atoms with Crippen LogP contribution in [0, 0.1) is 10.1 Å². The minimum atomic E-state index is -4.41. The number of nitro benzene ring substituents is 1. The average Bonchev–Trinajstić information content (AvgIpc) is 2.60. The molecule has 26 heavy (non-hydrogen) atoms. The lowest BCUT2D eigenvalue weighted by atomic mass is 10.3. The van der Waals surface area contributed by atoms with Gasteiger partial charge in [0.25, 0.3) is 15.7 Å². The predicted molar refractivity (Wildman–Crippen MR) is 95.7 cm³/mol. The Hall–Kier alpha value is -2.65. The molecule has 8 nitrogen and oxygen atoms in total. The van der Waals surface area contributed by atoms with Gasteiger partial charge in [0.1, 0.15) is 6.54 Å². The Morgan fingerprint density at radius 2 is 1.81 bits per heavy atom. The Morgan fingerprint density at radius 3 is 2.38 bits per heavy atom. The van der Waals surface area contributed by atoms with Crippen LogP contribution in [-0.2, 0) is 19.6 Å². The summed E-state index contributed by atoms with van der Waals surface area (Å²) in [5.41, 5.74) is -0.462. The maximum atomic E-state index is 13.1. The molecular formula is C16H15ClN2O6S. The van der Waals surface area contributed by atoms with Gasteiger partial charge < -0.3 is 4.74 Å². The first-order valence-electron chi connectivity index (χ1n) is 7.44. The summed E-state index contributed by atoms with van der Waals surface area (Å²) in [5, 5.41) is 11.6. The van der Waals surface area contributed by atoms with Gasteiger partial charge in [0, 0.05) is 11.1 Å². The molecule has 2 rings (SSSR count). The van der Waals surface area contributed by atoms with Gasteiger partial charge in [0.2, 0.25) is 0 Å². The number of nitrogens with zero attached hydrogens (tertiary/aromatic N) is 2. The molecular weight excluding hydrogens is 384 g/mol. The van der Waals surface area contributed by atoms with E-state index < -0.39 is 38.0 Å². The van der Waals surface area contributed by atoms with E-state index in [0.717, 1.165) is 16.4 Å². The number of hydrogen-bond donors (Lipinski definition) is 0. The third-order valence-electron chi connectivity index (χ3n) is 3.32. The van der Waals surface area contributed by atoms with Crippen LogP contribution >= 0.6 is 11.6 Å². The molecule has 0 aromatic heterocycles. The second-order valence-electron chi connectivity index (χ2n) is 5.02. The van der Waals surface area contributed by atoms with Gasteiger partial charge in [-0.3, -0.25) is 19.2 Å². The molecule has 2 aromatic rings. The highest BCUT2D eigenvalue weighted by Gasteiger charge is 2.33. The second-order valence-corrected chi connectivity index (χ2v) is 7.29. The molecule has 0 N–H and O–H groups in total. The van der Waals surface area contributed by atoms with E-state index in [0.29, 0.717) is 5.02 Å². The summed E-state index contributed by atoms with van der Waals surface area (Å²) in [6, 6.07) is 10.6. The van der Waals surface area contributed by atoms with Gasteiger partial charge in [-0.25, -0.2) is 8.42 Å². The van der Waals surface area contributed by atoms with Gasteiger partial charge in [-0.2, -0.15) is 0 Å². The molecule has 0 amide bonds. The van der Waals surface area contributed by atoms with E-state index in [1.165, 1.54) is 36.4 Å². The molecule has 0 bridgehead atoms. The topological polar surface area (TPSA) is 107 Å². The Balaban J connectivity index is 2.58. The Morgan fingerprint density at radius 1 is 1.19 bits per heavy atom. The number of nitro groups is 1. The first kappa shape index (κ1) is 19.7. The van der Waals surface area contributed by atoms with Crippen molar-refractivity contribution in [2.75, 3.05) is 17.5 Å². The van der Waals surface area contributed by atoms with Gasteiger partial charge in [-0.05, 0) is 37.3 Å². The van der Waals surface area contributed by atoms with Gasteiger partial charge in [-0.15, -0.1) is 0 Å². The first-order chi connectivity index (χ1) is 12.3. The van der Waals surface area contributed by atoms with E-state index in [-0.39, 0.29) is 12.3 Å². The van der Waals surface area contributed by atoms with Crippen LogP contribution in [0.4, 0.5) is 11.4 Å². The number of carbonyl (C=O) groups is 1. The molecule has 0 aliphatic heterocycles. The smallest absolute Gasteiger partial charge is 0.326 e. The molecule has 0 aliphatic carbocycles. The molecule has 0 fully saturated rings. The Labute approximate surface area is 155 Å². The fraction of sp³-hybridized carbons (Fsp3) is 0.188. The summed E-state index contributed by atoms with van der Waals surface area (Å²) in [4.78, 5) is 21.8. The van der Waals surface area contributed by atoms with Crippen LogP contribution in [0.1, 0.15) is 6.92 Å². The van der Waals surface area contributed by atoms with E-state index in [1.54, 1.807) is 6.92 Å². The molecule has 0 unspecified atom stereocenters. The Bertz CT molecular complexity index is 915. The molecule has 0 heterocycles. The first-order valence-corrected chi connectivity index (χ1v) is 9.26. The van der Waals surface area contributed by atoms with E-state index >= 15 is 0 Å². The van der Waals surface area contributed by atoms with Crippen LogP contribution in [0.5, 0.6) is 0 Å². The highest BCUT2D eigenvalue weighted by atomic mass is 35.5. The predicted octanol–water partition coefficient (Wildman–Crippen LogP) is 3.01. The van der Waals surface area contributed by atoms with Crippen molar-refractivity contribution in [2.24, 2.45) is 0 Å². The zero-order chi connectivity index (χ0) is 19.3. The standard InChI is InChI=1S/C16H15ClN2O6S/c1-2-25-16(20)11-18(13-9-7-12(17)8-10-13)26(23,24)15-6-4-3-5-14(15)19(21)22/h3-10H,2,11H2,1H3. The summed E-state index contributed by atoms with van der Waals surface area (Å²) in [7, 11) is -4.41. The van der Waals surface area contributed by atoms with Gasteiger partial charge in [0.05, 0.1) is 17.2 Å². The number of esters is 1. The number of benzene rings is 2. The van der Waals surface area contributed by atoms with Crippen molar-refractivity contribution in [2.45, 2.75) is 11.8 Å². The molecule has 0 spiro atoms. The molecule has 10 heteroatoms. The fourth-order valence-electron chi connectivity index (χ4n) is 2.19. The van der Waals surface area contributed by atoms with Crippen molar-refractivity contribution in [1.29, 1.82) is 0 Å². The number of anilines is 1. The lowest BCUT2D eigenvalue weighted by molar-refractivity contribution is -0.387. The molecule has 0 radical (unpaired) electrons. The van der Waals surface area contributed by atoms with Crippen LogP contribution in [0.15, 0.2) is 53.4 Å².